The second-order valence-corrected chi connectivity index (χ2v) is 3.83. The highest BCUT2D eigenvalue weighted by Crippen LogP contribution is 2.26. The molecule has 2 aromatic rings. The monoisotopic (exact) mass is 207 g/mol. The molecular formula is C11H10ClNO. The van der Waals surface area contributed by atoms with E-state index in [0.717, 1.165) is 22.8 Å². The first kappa shape index (κ1) is 9.28. The largest absolute Gasteiger partial charge is 0.345 e. The van der Waals surface area contributed by atoms with Crippen molar-refractivity contribution in [1.29, 1.82) is 0 Å². The lowest BCUT2D eigenvalue weighted by atomic mass is 10.1. The van der Waals surface area contributed by atoms with Gasteiger partial charge in [-0.15, -0.1) is 0 Å². The molecule has 14 heavy (non-hydrogen) atoms. The third-order valence-corrected chi connectivity index (χ3v) is 2.82. The molecule has 0 amide bonds. The molecule has 0 unspecified atom stereocenters. The molecule has 0 aliphatic rings. The van der Waals surface area contributed by atoms with Crippen molar-refractivity contribution < 1.29 is 4.79 Å². The van der Waals surface area contributed by atoms with E-state index in [-0.39, 0.29) is 0 Å². The van der Waals surface area contributed by atoms with Crippen LogP contribution in [0.4, 0.5) is 0 Å². The lowest BCUT2D eigenvalue weighted by Gasteiger charge is -1.99. The third kappa shape index (κ3) is 1.23. The zero-order valence-corrected chi connectivity index (χ0v) is 8.77. The maximum absolute atomic E-state index is 10.8. The molecule has 0 bridgehead atoms. The van der Waals surface area contributed by atoms with Gasteiger partial charge in [0.15, 0.2) is 6.29 Å². The van der Waals surface area contributed by atoms with Gasteiger partial charge in [0, 0.05) is 10.9 Å². The Morgan fingerprint density at radius 1 is 1.29 bits per heavy atom. The molecule has 0 aliphatic carbocycles. The van der Waals surface area contributed by atoms with E-state index >= 15 is 0 Å². The number of rotatable bonds is 1. The van der Waals surface area contributed by atoms with E-state index in [9.17, 15) is 4.79 Å². The predicted octanol–water partition coefficient (Wildman–Crippen LogP) is 3.25. The SMILES string of the molecule is Cc1cc2[nH]c(Cl)c(C=O)c2cc1C. The summed E-state index contributed by atoms with van der Waals surface area (Å²) in [4.78, 5) is 13.8. The molecule has 0 radical (unpaired) electrons. The standard InChI is InChI=1S/C11H10ClNO/c1-6-3-8-9(5-14)11(12)13-10(8)4-7(6)2/h3-5,13H,1-2H3. The number of halogens is 1. The Labute approximate surface area is 86.9 Å². The second-order valence-electron chi connectivity index (χ2n) is 3.45. The molecule has 72 valence electrons. The van der Waals surface area contributed by atoms with E-state index < -0.39 is 0 Å². The normalized spacial score (nSPS) is 10.8. The highest BCUT2D eigenvalue weighted by atomic mass is 35.5. The second kappa shape index (κ2) is 3.14. The molecule has 0 aliphatic heterocycles. The van der Waals surface area contributed by atoms with Gasteiger partial charge >= 0.3 is 0 Å². The highest BCUT2D eigenvalue weighted by Gasteiger charge is 2.09. The van der Waals surface area contributed by atoms with Crippen LogP contribution in [0.25, 0.3) is 10.9 Å². The summed E-state index contributed by atoms with van der Waals surface area (Å²) in [7, 11) is 0. The molecule has 0 fully saturated rings. The van der Waals surface area contributed by atoms with Crippen LogP contribution in [-0.4, -0.2) is 11.3 Å². The quantitative estimate of drug-likeness (QED) is 0.716. The Hall–Kier alpha value is -1.28. The molecule has 1 heterocycles. The van der Waals surface area contributed by atoms with Gasteiger partial charge in [0.1, 0.15) is 5.15 Å². The van der Waals surface area contributed by atoms with Crippen molar-refractivity contribution >= 4 is 28.8 Å². The first-order valence-corrected chi connectivity index (χ1v) is 4.75. The average molecular weight is 208 g/mol. The van der Waals surface area contributed by atoms with Crippen LogP contribution in [0.3, 0.4) is 0 Å². The topological polar surface area (TPSA) is 32.9 Å². The molecular weight excluding hydrogens is 198 g/mol. The van der Waals surface area contributed by atoms with Gasteiger partial charge in [-0.2, -0.15) is 0 Å². The number of hydrogen-bond donors (Lipinski definition) is 1. The summed E-state index contributed by atoms with van der Waals surface area (Å²) in [6.07, 6.45) is 0.788. The van der Waals surface area contributed by atoms with Gasteiger partial charge in [-0.25, -0.2) is 0 Å². The number of nitrogens with one attached hydrogen (secondary N) is 1. The summed E-state index contributed by atoms with van der Waals surface area (Å²) in [5.41, 5.74) is 3.81. The van der Waals surface area contributed by atoms with Crippen molar-refractivity contribution in [3.8, 4) is 0 Å². The first-order valence-electron chi connectivity index (χ1n) is 4.37. The number of aromatic nitrogens is 1. The van der Waals surface area contributed by atoms with Gasteiger partial charge in [-0.05, 0) is 37.1 Å². The molecule has 1 aromatic heterocycles. The van der Waals surface area contributed by atoms with Crippen molar-refractivity contribution in [3.05, 3.63) is 34.0 Å². The van der Waals surface area contributed by atoms with Crippen LogP contribution in [0.5, 0.6) is 0 Å². The van der Waals surface area contributed by atoms with Crippen molar-refractivity contribution in [2.24, 2.45) is 0 Å². The molecule has 0 atom stereocenters. The van der Waals surface area contributed by atoms with Crippen LogP contribution in [0.2, 0.25) is 5.15 Å². The summed E-state index contributed by atoms with van der Waals surface area (Å²) >= 11 is 5.89. The predicted molar refractivity (Wildman–Crippen MR) is 58.2 cm³/mol. The molecule has 2 nitrogen and oxygen atoms in total. The molecule has 1 aromatic carbocycles. The van der Waals surface area contributed by atoms with Crippen molar-refractivity contribution in [3.63, 3.8) is 0 Å². The van der Waals surface area contributed by atoms with E-state index in [0.29, 0.717) is 10.7 Å². The van der Waals surface area contributed by atoms with Crippen LogP contribution in [0.15, 0.2) is 12.1 Å². The first-order chi connectivity index (χ1) is 6.63. The van der Waals surface area contributed by atoms with Crippen LogP contribution < -0.4 is 0 Å². The Morgan fingerprint density at radius 3 is 2.57 bits per heavy atom. The van der Waals surface area contributed by atoms with Gasteiger partial charge in [0.2, 0.25) is 0 Å². The van der Waals surface area contributed by atoms with Gasteiger partial charge < -0.3 is 4.98 Å². The minimum atomic E-state index is 0.417. The van der Waals surface area contributed by atoms with Crippen molar-refractivity contribution in [2.75, 3.05) is 0 Å². The highest BCUT2D eigenvalue weighted by molar-refractivity contribution is 6.34. The van der Waals surface area contributed by atoms with E-state index in [1.807, 2.05) is 26.0 Å². The van der Waals surface area contributed by atoms with Crippen LogP contribution >= 0.6 is 11.6 Å². The summed E-state index contributed by atoms with van der Waals surface area (Å²) in [5, 5.41) is 1.31. The van der Waals surface area contributed by atoms with Crippen molar-refractivity contribution in [2.45, 2.75) is 13.8 Å². The zero-order chi connectivity index (χ0) is 10.3. The van der Waals surface area contributed by atoms with E-state index in [2.05, 4.69) is 4.98 Å². The molecule has 1 N–H and O–H groups in total. The third-order valence-electron chi connectivity index (χ3n) is 2.52. The fourth-order valence-corrected chi connectivity index (χ4v) is 1.81. The van der Waals surface area contributed by atoms with Gasteiger partial charge in [-0.1, -0.05) is 11.6 Å². The van der Waals surface area contributed by atoms with Crippen molar-refractivity contribution in [1.82, 2.24) is 4.98 Å². The van der Waals surface area contributed by atoms with E-state index in [4.69, 9.17) is 11.6 Å². The Morgan fingerprint density at radius 2 is 1.93 bits per heavy atom. The number of carbonyl (C=O) groups excluding carboxylic acids is 1. The number of aromatic amines is 1. The average Bonchev–Trinajstić information content (AvgIpc) is 2.42. The minimum Gasteiger partial charge on any atom is -0.345 e. The number of aldehydes is 1. The van der Waals surface area contributed by atoms with E-state index in [1.54, 1.807) is 0 Å². The van der Waals surface area contributed by atoms with Crippen LogP contribution in [0.1, 0.15) is 21.5 Å². The summed E-state index contributed by atoms with van der Waals surface area (Å²) in [6.45, 7) is 4.05. The number of fused-ring (bicyclic) bond motifs is 1. The number of aryl methyl sites for hydroxylation is 2. The number of H-pyrrole nitrogens is 1. The Balaban J connectivity index is 2.89. The summed E-state index contributed by atoms with van der Waals surface area (Å²) in [5.74, 6) is 0. The molecule has 3 heteroatoms. The molecule has 0 saturated heterocycles. The smallest absolute Gasteiger partial charge is 0.153 e. The fourth-order valence-electron chi connectivity index (χ4n) is 1.56. The lowest BCUT2D eigenvalue weighted by Crippen LogP contribution is -1.82. The maximum Gasteiger partial charge on any atom is 0.153 e. The fraction of sp³-hybridized carbons (Fsp3) is 0.182. The van der Waals surface area contributed by atoms with Crippen LogP contribution in [-0.2, 0) is 0 Å². The van der Waals surface area contributed by atoms with Crippen LogP contribution in [0, 0.1) is 13.8 Å². The summed E-state index contributed by atoms with van der Waals surface area (Å²) < 4.78 is 0. The van der Waals surface area contributed by atoms with Gasteiger partial charge in [0.25, 0.3) is 0 Å². The lowest BCUT2D eigenvalue weighted by molar-refractivity contribution is 0.112. The minimum absolute atomic E-state index is 0.417. The maximum atomic E-state index is 10.8. The number of carbonyl (C=O) groups is 1. The molecule has 0 spiro atoms. The molecule has 0 saturated carbocycles. The Kier molecular flexibility index (Phi) is 2.08. The number of hydrogen-bond acceptors (Lipinski definition) is 1. The molecule has 2 rings (SSSR count). The zero-order valence-electron chi connectivity index (χ0n) is 8.02. The van der Waals surface area contributed by atoms with Gasteiger partial charge in [0.05, 0.1) is 5.56 Å². The van der Waals surface area contributed by atoms with Gasteiger partial charge in [-0.3, -0.25) is 4.79 Å². The summed E-state index contributed by atoms with van der Waals surface area (Å²) in [6, 6.07) is 3.99. The number of benzene rings is 1. The van der Waals surface area contributed by atoms with E-state index in [1.165, 1.54) is 5.56 Å². The Bertz CT molecular complexity index is 513.